The molecule has 3 aromatic heterocycles. The first-order chi connectivity index (χ1) is 16.1. The molecule has 0 saturated carbocycles. The van der Waals surface area contributed by atoms with Gasteiger partial charge in [-0.15, -0.1) is 0 Å². The number of pyridine rings is 2. The Morgan fingerprint density at radius 1 is 0.657 bits per heavy atom. The fourth-order valence-electron chi connectivity index (χ4n) is 5.11. The Balaban J connectivity index is 1.93. The van der Waals surface area contributed by atoms with Crippen LogP contribution in [0.15, 0.2) is 24.5 Å². The molecule has 0 aromatic carbocycles. The van der Waals surface area contributed by atoms with Crippen molar-refractivity contribution in [3.63, 3.8) is 0 Å². The summed E-state index contributed by atoms with van der Waals surface area (Å²) in [6.45, 7) is 19.6. The van der Waals surface area contributed by atoms with Crippen LogP contribution >= 0.6 is 0 Å². The molecule has 0 radical (unpaired) electrons. The van der Waals surface area contributed by atoms with Crippen LogP contribution in [-0.2, 0) is 30.3 Å². The van der Waals surface area contributed by atoms with E-state index in [1.807, 2.05) is 0 Å². The zero-order chi connectivity index (χ0) is 25.7. The maximum absolute atomic E-state index is 6.69. The molecule has 0 N–H and O–H groups in total. The van der Waals surface area contributed by atoms with E-state index in [1.54, 1.807) is 0 Å². The Morgan fingerprint density at radius 3 is 1.40 bits per heavy atom. The van der Waals surface area contributed by atoms with E-state index in [1.165, 1.54) is 0 Å². The highest BCUT2D eigenvalue weighted by molar-refractivity contribution is 6.96. The van der Waals surface area contributed by atoms with E-state index in [-0.39, 0.29) is 23.0 Å². The number of hydrogen-bond acceptors (Lipinski definition) is 4. The molecule has 3 aromatic rings. The average Bonchev–Trinajstić information content (AvgIpc) is 2.70. The second-order valence-corrected chi connectivity index (χ2v) is 13.1. The Kier molecular flexibility index (Phi) is 4.94. The molecule has 2 aliphatic heterocycles. The molecule has 0 spiro atoms. The van der Waals surface area contributed by atoms with E-state index < -0.39 is 0 Å². The fraction of sp³-hybridized carbons (Fsp3) is 0.500. The third kappa shape index (κ3) is 3.62. The third-order valence-electron chi connectivity index (χ3n) is 7.04. The number of hydrogen-bond donors (Lipinski definition) is 0. The van der Waals surface area contributed by atoms with Crippen LogP contribution < -0.4 is 35.3 Å². The predicted octanol–water partition coefficient (Wildman–Crippen LogP) is 2.75. The van der Waals surface area contributed by atoms with Crippen LogP contribution in [0.3, 0.4) is 0 Å². The highest BCUT2D eigenvalue weighted by atomic mass is 16.5. The number of aromatic nitrogens is 4. The minimum absolute atomic E-state index is 0.0952. The Bertz CT molecular complexity index is 1280. The van der Waals surface area contributed by atoms with Gasteiger partial charge in [-0.05, 0) is 10.8 Å². The molecule has 0 atom stereocenters. The van der Waals surface area contributed by atoms with E-state index in [9.17, 15) is 0 Å². The van der Waals surface area contributed by atoms with Gasteiger partial charge < -0.3 is 9.47 Å². The van der Waals surface area contributed by atoms with E-state index >= 15 is 0 Å². The monoisotopic (exact) mass is 472 g/mol. The van der Waals surface area contributed by atoms with Crippen LogP contribution in [-0.4, -0.2) is 16.7 Å². The molecular weight excluding hydrogens is 435 g/mol. The molecular formula is C28H37BN4O2+2. The maximum Gasteiger partial charge on any atom is 0.427 e. The van der Waals surface area contributed by atoms with Crippen molar-refractivity contribution in [2.75, 3.05) is 0 Å². The molecule has 5 rings (SSSR count). The normalized spacial score (nSPS) is 14.5. The molecule has 2 aliphatic rings. The van der Waals surface area contributed by atoms with Gasteiger partial charge in [-0.3, -0.25) is 0 Å². The highest BCUT2D eigenvalue weighted by Crippen LogP contribution is 2.40. The van der Waals surface area contributed by atoms with Gasteiger partial charge in [0.2, 0.25) is 11.8 Å². The Hall–Kier alpha value is -2.96. The molecule has 0 aliphatic carbocycles. The van der Waals surface area contributed by atoms with Crippen molar-refractivity contribution >= 4 is 23.4 Å². The second-order valence-electron chi connectivity index (χ2n) is 13.1. The SMILES string of the molecule is C[n+]1ccc(C(C)(C)C)c2c1B1c3c(nc(C(C)(C)C)nc3Oc3c(C(C)(C)C)cc[n+](C)c31)O2. The number of nitrogens with zero attached hydrogens (tertiary/aromatic N) is 4. The van der Waals surface area contributed by atoms with Crippen molar-refractivity contribution in [1.29, 1.82) is 0 Å². The standard InChI is InChI=1S/C28H37BN4O2/c1-26(2,3)16-12-14-32(10)21-19(16)34-23-18-24(31-25(30-23)28(7,8)9)35-20-17(27(4,5)6)13-15-33(11)22(20)29(18)21/h12-15H,1-11H3/q+2. The van der Waals surface area contributed by atoms with Crippen molar-refractivity contribution in [1.82, 2.24) is 9.97 Å². The number of ether oxygens (including phenoxy) is 2. The van der Waals surface area contributed by atoms with Crippen molar-refractivity contribution in [3.05, 3.63) is 41.5 Å². The topological polar surface area (TPSA) is 52.0 Å². The van der Waals surface area contributed by atoms with Gasteiger partial charge >= 0.3 is 6.71 Å². The molecule has 7 heteroatoms. The summed E-state index contributed by atoms with van der Waals surface area (Å²) in [6.07, 6.45) is 4.28. The van der Waals surface area contributed by atoms with Crippen LogP contribution in [0.5, 0.6) is 23.3 Å². The van der Waals surface area contributed by atoms with Crippen LogP contribution in [0.25, 0.3) is 0 Å². The average molecular weight is 472 g/mol. The van der Waals surface area contributed by atoms with Crippen LogP contribution in [0.4, 0.5) is 0 Å². The Morgan fingerprint density at radius 2 is 1.06 bits per heavy atom. The zero-order valence-corrected chi connectivity index (χ0v) is 23.0. The summed E-state index contributed by atoms with van der Waals surface area (Å²) in [5.74, 6) is 3.69. The fourth-order valence-corrected chi connectivity index (χ4v) is 5.11. The van der Waals surface area contributed by atoms with Gasteiger partial charge in [0.25, 0.3) is 0 Å². The molecule has 0 amide bonds. The minimum atomic E-state index is -0.253. The molecule has 182 valence electrons. The third-order valence-corrected chi connectivity index (χ3v) is 7.04. The molecule has 0 bridgehead atoms. The predicted molar refractivity (Wildman–Crippen MR) is 138 cm³/mol. The van der Waals surface area contributed by atoms with Gasteiger partial charge in [0.05, 0.1) is 5.46 Å². The van der Waals surface area contributed by atoms with Crippen molar-refractivity contribution in [2.45, 2.75) is 78.6 Å². The lowest BCUT2D eigenvalue weighted by Gasteiger charge is -2.33. The number of fused-ring (bicyclic) bond motifs is 4. The summed E-state index contributed by atoms with van der Waals surface area (Å²) in [4.78, 5) is 9.94. The van der Waals surface area contributed by atoms with Crippen LogP contribution in [0, 0.1) is 0 Å². The quantitative estimate of drug-likeness (QED) is 0.257. The summed E-state index contributed by atoms with van der Waals surface area (Å²) in [5, 5.41) is 0. The first-order valence-electron chi connectivity index (χ1n) is 12.4. The summed E-state index contributed by atoms with van der Waals surface area (Å²) >= 11 is 0. The van der Waals surface area contributed by atoms with E-state index in [2.05, 4.69) is 110 Å². The molecule has 5 heterocycles. The van der Waals surface area contributed by atoms with Crippen LogP contribution in [0.1, 0.15) is 79.3 Å². The lowest BCUT2D eigenvalue weighted by molar-refractivity contribution is -0.659. The van der Waals surface area contributed by atoms with Crippen molar-refractivity contribution in [2.24, 2.45) is 14.1 Å². The van der Waals surface area contributed by atoms with E-state index in [4.69, 9.17) is 19.4 Å². The molecule has 6 nitrogen and oxygen atoms in total. The maximum atomic E-state index is 6.69. The summed E-state index contributed by atoms with van der Waals surface area (Å²) in [6, 6.07) is 4.34. The van der Waals surface area contributed by atoms with Crippen LogP contribution in [0.2, 0.25) is 0 Å². The van der Waals surface area contributed by atoms with Gasteiger partial charge in [0.1, 0.15) is 19.9 Å². The molecule has 0 saturated heterocycles. The van der Waals surface area contributed by atoms with Gasteiger partial charge in [0.15, 0.2) is 35.1 Å². The van der Waals surface area contributed by atoms with Crippen molar-refractivity contribution < 1.29 is 18.6 Å². The second kappa shape index (κ2) is 7.28. The zero-order valence-electron chi connectivity index (χ0n) is 23.0. The highest BCUT2D eigenvalue weighted by Gasteiger charge is 2.55. The van der Waals surface area contributed by atoms with E-state index in [0.29, 0.717) is 17.6 Å². The summed E-state index contributed by atoms with van der Waals surface area (Å²) in [5.41, 5.74) is 4.99. The Labute approximate surface area is 209 Å². The van der Waals surface area contributed by atoms with Crippen molar-refractivity contribution in [3.8, 4) is 23.3 Å². The molecule has 0 fully saturated rings. The summed E-state index contributed by atoms with van der Waals surface area (Å²) in [7, 11) is 4.18. The van der Waals surface area contributed by atoms with Gasteiger partial charge in [0, 0.05) is 28.7 Å². The molecule has 0 unspecified atom stereocenters. The lowest BCUT2D eigenvalue weighted by atomic mass is 9.37. The minimum Gasteiger partial charge on any atom is -0.433 e. The van der Waals surface area contributed by atoms with Gasteiger partial charge in [-0.1, -0.05) is 62.3 Å². The largest absolute Gasteiger partial charge is 0.433 e. The number of aryl methyl sites for hydroxylation is 2. The van der Waals surface area contributed by atoms with Gasteiger partial charge in [-0.25, -0.2) is 9.13 Å². The molecule has 35 heavy (non-hydrogen) atoms. The van der Waals surface area contributed by atoms with E-state index in [0.717, 1.165) is 39.3 Å². The number of rotatable bonds is 0. The first kappa shape index (κ1) is 23.8. The van der Waals surface area contributed by atoms with Gasteiger partial charge in [-0.2, -0.15) is 9.97 Å². The lowest BCUT2D eigenvalue weighted by Crippen LogP contribution is -2.73. The summed E-state index contributed by atoms with van der Waals surface area (Å²) < 4.78 is 17.7. The first-order valence-corrected chi connectivity index (χ1v) is 12.4. The smallest absolute Gasteiger partial charge is 0.427 e.